The van der Waals surface area contributed by atoms with Crippen LogP contribution in [-0.4, -0.2) is 24.9 Å². The maximum absolute atomic E-state index is 13.2. The molecule has 6 nitrogen and oxygen atoms in total. The summed E-state index contributed by atoms with van der Waals surface area (Å²) in [5, 5.41) is 0. The molecule has 24 heavy (non-hydrogen) atoms. The van der Waals surface area contributed by atoms with Crippen molar-refractivity contribution in [2.24, 2.45) is 0 Å². The summed E-state index contributed by atoms with van der Waals surface area (Å²) in [7, 11) is -6.77. The third-order valence-corrected chi connectivity index (χ3v) is 8.08. The van der Waals surface area contributed by atoms with E-state index in [9.17, 15) is 12.6 Å². The van der Waals surface area contributed by atoms with Gasteiger partial charge in [-0.2, -0.15) is 0 Å². The predicted molar refractivity (Wildman–Crippen MR) is 89.9 cm³/mol. The van der Waals surface area contributed by atoms with E-state index in [4.69, 9.17) is 9.52 Å². The van der Waals surface area contributed by atoms with Gasteiger partial charge in [0.15, 0.2) is 0 Å². The van der Waals surface area contributed by atoms with Crippen LogP contribution in [0.3, 0.4) is 0 Å². The molecule has 4 rings (SSSR count). The number of hydrogen-bond acceptors (Lipinski definition) is 5. The fourth-order valence-electron chi connectivity index (χ4n) is 3.17. The van der Waals surface area contributed by atoms with Crippen LogP contribution < -0.4 is 4.31 Å². The Morgan fingerprint density at radius 3 is 2.71 bits per heavy atom. The van der Waals surface area contributed by atoms with Gasteiger partial charge in [0, 0.05) is 12.1 Å². The van der Waals surface area contributed by atoms with Crippen LogP contribution >= 0.6 is 0 Å². The van der Waals surface area contributed by atoms with E-state index >= 15 is 0 Å². The molecule has 8 heteroatoms. The molecule has 1 atom stereocenters. The Morgan fingerprint density at radius 2 is 1.88 bits per heavy atom. The minimum absolute atomic E-state index is 0.00519. The fraction of sp³-hybridized carbons (Fsp3) is 0.250. The Bertz CT molecular complexity index is 1030. The molecule has 0 bridgehead atoms. The van der Waals surface area contributed by atoms with E-state index in [-0.39, 0.29) is 28.7 Å². The molecule has 1 unspecified atom stereocenters. The van der Waals surface area contributed by atoms with Gasteiger partial charge < -0.3 is 4.74 Å². The zero-order chi connectivity index (χ0) is 16.9. The van der Waals surface area contributed by atoms with Crippen LogP contribution in [0.4, 0.5) is 5.69 Å². The summed E-state index contributed by atoms with van der Waals surface area (Å²) in [5.41, 5.74) is 1.90. The first-order valence-corrected chi connectivity index (χ1v) is 10.6. The van der Waals surface area contributed by atoms with Crippen LogP contribution in [0.15, 0.2) is 52.3 Å². The van der Waals surface area contributed by atoms with E-state index in [2.05, 4.69) is 0 Å². The van der Waals surface area contributed by atoms with E-state index in [0.29, 0.717) is 17.9 Å². The molecule has 0 aliphatic carbocycles. The zero-order valence-electron chi connectivity index (χ0n) is 12.8. The lowest BCUT2D eigenvalue weighted by molar-refractivity contribution is 0.133. The lowest BCUT2D eigenvalue weighted by Crippen LogP contribution is -2.39. The highest BCUT2D eigenvalue weighted by Gasteiger charge is 2.35. The van der Waals surface area contributed by atoms with Crippen molar-refractivity contribution in [3.63, 3.8) is 0 Å². The van der Waals surface area contributed by atoms with Gasteiger partial charge in [0.1, 0.15) is 0 Å². The van der Waals surface area contributed by atoms with Gasteiger partial charge in [0.05, 0.1) is 44.2 Å². The summed E-state index contributed by atoms with van der Waals surface area (Å²) >= 11 is 0. The summed E-state index contributed by atoms with van der Waals surface area (Å²) in [6, 6.07) is 11.7. The summed E-state index contributed by atoms with van der Waals surface area (Å²) < 4.78 is 53.6. The van der Waals surface area contributed by atoms with Crippen LogP contribution in [0.1, 0.15) is 11.1 Å². The SMILES string of the molecule is N=S1(=O)CCN(S(=O)(=O)c2cccc3c2COC3)c2ccccc21. The molecule has 0 saturated heterocycles. The predicted octanol–water partition coefficient (Wildman–Crippen LogP) is 2.33. The number of sulfonamides is 1. The monoisotopic (exact) mass is 364 g/mol. The minimum atomic E-state index is -3.81. The Kier molecular flexibility index (Phi) is 3.45. The molecule has 0 spiro atoms. The van der Waals surface area contributed by atoms with Crippen molar-refractivity contribution >= 4 is 25.4 Å². The van der Waals surface area contributed by atoms with Crippen LogP contribution in [0.25, 0.3) is 0 Å². The van der Waals surface area contributed by atoms with Gasteiger partial charge in [-0.3, -0.25) is 4.31 Å². The molecule has 0 aromatic heterocycles. The molecule has 2 heterocycles. The highest BCUT2D eigenvalue weighted by Crippen LogP contribution is 2.36. The average molecular weight is 364 g/mol. The number of ether oxygens (including phenoxy) is 1. The van der Waals surface area contributed by atoms with Crippen LogP contribution in [0.5, 0.6) is 0 Å². The van der Waals surface area contributed by atoms with Gasteiger partial charge in [0.2, 0.25) is 0 Å². The van der Waals surface area contributed by atoms with E-state index < -0.39 is 19.8 Å². The van der Waals surface area contributed by atoms with Crippen molar-refractivity contribution in [1.82, 2.24) is 0 Å². The number of benzene rings is 2. The molecule has 0 amide bonds. The second-order valence-electron chi connectivity index (χ2n) is 5.81. The highest BCUT2D eigenvalue weighted by molar-refractivity contribution is 7.94. The summed E-state index contributed by atoms with van der Waals surface area (Å²) in [6.45, 7) is 0.720. The van der Waals surface area contributed by atoms with Gasteiger partial charge >= 0.3 is 0 Å². The smallest absolute Gasteiger partial charge is 0.264 e. The van der Waals surface area contributed by atoms with Crippen molar-refractivity contribution in [2.45, 2.75) is 23.0 Å². The number of anilines is 1. The number of rotatable bonds is 2. The Morgan fingerprint density at radius 1 is 1.08 bits per heavy atom. The van der Waals surface area contributed by atoms with Crippen molar-refractivity contribution in [1.29, 1.82) is 4.78 Å². The summed E-state index contributed by atoms with van der Waals surface area (Å²) in [6.07, 6.45) is 0. The maximum atomic E-state index is 13.2. The zero-order valence-corrected chi connectivity index (χ0v) is 14.4. The molecule has 1 N–H and O–H groups in total. The third-order valence-electron chi connectivity index (χ3n) is 4.37. The molecule has 0 radical (unpaired) electrons. The molecule has 0 saturated carbocycles. The number of fused-ring (bicyclic) bond motifs is 2. The highest BCUT2D eigenvalue weighted by atomic mass is 32.2. The number of nitrogens with one attached hydrogen (secondary N) is 1. The standard InChI is InChI=1S/C16H16N2O4S2/c17-23(19)9-8-18(14-5-1-2-6-16(14)23)24(20,21)15-7-3-4-12-10-22-11-13(12)15/h1-7,17H,8-11H2. The number of nitrogens with zero attached hydrogens (tertiary/aromatic N) is 1. The largest absolute Gasteiger partial charge is 0.372 e. The summed E-state index contributed by atoms with van der Waals surface area (Å²) in [4.78, 5) is 0.509. The van der Waals surface area contributed by atoms with Gasteiger partial charge in [-0.05, 0) is 23.8 Å². The molecule has 0 fully saturated rings. The molecule has 2 aliphatic rings. The number of para-hydroxylation sites is 1. The van der Waals surface area contributed by atoms with Crippen LogP contribution in [0, 0.1) is 4.78 Å². The molecule has 126 valence electrons. The van der Waals surface area contributed by atoms with E-state index in [1.165, 1.54) is 4.31 Å². The van der Waals surface area contributed by atoms with Crippen molar-refractivity contribution in [2.75, 3.05) is 16.6 Å². The molecular formula is C16H16N2O4S2. The normalized spacial score (nSPS) is 22.9. The van der Waals surface area contributed by atoms with Gasteiger partial charge in [0.25, 0.3) is 10.0 Å². The lowest BCUT2D eigenvalue weighted by Gasteiger charge is -2.31. The first kappa shape index (κ1) is 15.6. The first-order valence-electron chi connectivity index (χ1n) is 7.48. The van der Waals surface area contributed by atoms with Crippen molar-refractivity contribution in [3.05, 3.63) is 53.6 Å². The van der Waals surface area contributed by atoms with Gasteiger partial charge in [-0.25, -0.2) is 17.4 Å². The molecule has 2 aromatic carbocycles. The molecular weight excluding hydrogens is 348 g/mol. The summed E-state index contributed by atoms with van der Waals surface area (Å²) in [5.74, 6) is -0.00519. The van der Waals surface area contributed by atoms with Crippen LogP contribution in [-0.2, 0) is 37.7 Å². The fourth-order valence-corrected chi connectivity index (χ4v) is 6.55. The number of hydrogen-bond donors (Lipinski definition) is 1. The van der Waals surface area contributed by atoms with Crippen LogP contribution in [0.2, 0.25) is 0 Å². The van der Waals surface area contributed by atoms with Crippen molar-refractivity contribution < 1.29 is 17.4 Å². The van der Waals surface area contributed by atoms with E-state index in [1.807, 2.05) is 6.07 Å². The van der Waals surface area contributed by atoms with E-state index in [0.717, 1.165) is 5.56 Å². The van der Waals surface area contributed by atoms with Gasteiger partial charge in [-0.15, -0.1) is 0 Å². The topological polar surface area (TPSA) is 87.5 Å². The maximum Gasteiger partial charge on any atom is 0.264 e. The second-order valence-corrected chi connectivity index (χ2v) is 9.84. The molecule has 2 aliphatic heterocycles. The van der Waals surface area contributed by atoms with Gasteiger partial charge in [-0.1, -0.05) is 24.3 Å². The Labute approximate surface area is 141 Å². The minimum Gasteiger partial charge on any atom is -0.372 e. The quantitative estimate of drug-likeness (QED) is 0.886. The Hall–Kier alpha value is -1.90. The Balaban J connectivity index is 1.89. The van der Waals surface area contributed by atoms with E-state index in [1.54, 1.807) is 36.4 Å². The lowest BCUT2D eigenvalue weighted by atomic mass is 10.1. The third kappa shape index (κ3) is 2.25. The second kappa shape index (κ2) is 5.30. The molecule has 2 aromatic rings. The first-order chi connectivity index (χ1) is 11.4. The van der Waals surface area contributed by atoms with Crippen molar-refractivity contribution in [3.8, 4) is 0 Å². The average Bonchev–Trinajstić information content (AvgIpc) is 3.03.